The molecule has 3 amide bonds. The Kier molecular flexibility index (Phi) is 5.90. The summed E-state index contributed by atoms with van der Waals surface area (Å²) >= 11 is 0. The van der Waals surface area contributed by atoms with Crippen LogP contribution in [0.25, 0.3) is 10.8 Å². The molecule has 0 spiro atoms. The predicted molar refractivity (Wildman–Crippen MR) is 110 cm³/mol. The summed E-state index contributed by atoms with van der Waals surface area (Å²) in [4.78, 5) is 38.9. The fourth-order valence-corrected chi connectivity index (χ4v) is 3.71. The van der Waals surface area contributed by atoms with Gasteiger partial charge in [-0.15, -0.1) is 0 Å². The first-order chi connectivity index (χ1) is 14.1. The zero-order valence-electron chi connectivity index (χ0n) is 16.5. The van der Waals surface area contributed by atoms with Gasteiger partial charge in [-0.25, -0.2) is 0 Å². The molecule has 4 rings (SSSR count). The van der Waals surface area contributed by atoms with Crippen LogP contribution < -0.4 is 5.32 Å². The van der Waals surface area contributed by atoms with E-state index in [4.69, 9.17) is 4.74 Å². The molecular formula is C23H26N2O4. The topological polar surface area (TPSA) is 75.7 Å². The quantitative estimate of drug-likeness (QED) is 0.496. The Morgan fingerprint density at radius 2 is 1.72 bits per heavy atom. The van der Waals surface area contributed by atoms with Crippen LogP contribution in [0.5, 0.6) is 0 Å². The Morgan fingerprint density at radius 1 is 1.03 bits per heavy atom. The molecule has 6 nitrogen and oxygen atoms in total. The summed E-state index contributed by atoms with van der Waals surface area (Å²) in [5, 5.41) is 4.49. The third kappa shape index (κ3) is 4.48. The van der Waals surface area contributed by atoms with Gasteiger partial charge in [0.05, 0.1) is 0 Å². The maximum absolute atomic E-state index is 12.8. The lowest BCUT2D eigenvalue weighted by atomic mass is 9.94. The van der Waals surface area contributed by atoms with Gasteiger partial charge in [-0.3, -0.25) is 19.3 Å². The summed E-state index contributed by atoms with van der Waals surface area (Å²) in [6.07, 6.45) is 4.08. The van der Waals surface area contributed by atoms with Crippen molar-refractivity contribution in [1.29, 1.82) is 0 Å². The lowest BCUT2D eigenvalue weighted by Gasteiger charge is -2.27. The van der Waals surface area contributed by atoms with E-state index in [-0.39, 0.29) is 30.7 Å². The summed E-state index contributed by atoms with van der Waals surface area (Å²) in [6, 6.07) is 11.0. The standard InChI is InChI=1S/C23H26N2O4/c26-20(24-12-4-14-29-15-16-10-11-16)9-3-13-25-22(27)18-7-1-5-17-6-2-8-19(21(17)18)23(25)28/h1-2,5-8,16H,3-4,9-15H2,(H,24,26). The lowest BCUT2D eigenvalue weighted by Crippen LogP contribution is -2.41. The monoisotopic (exact) mass is 394 g/mol. The summed E-state index contributed by atoms with van der Waals surface area (Å²) in [6.45, 7) is 2.32. The minimum atomic E-state index is -0.285. The first-order valence-electron chi connectivity index (χ1n) is 10.4. The minimum Gasteiger partial charge on any atom is -0.381 e. The summed E-state index contributed by atoms with van der Waals surface area (Å²) in [7, 11) is 0. The lowest BCUT2D eigenvalue weighted by molar-refractivity contribution is -0.121. The number of rotatable bonds is 10. The highest BCUT2D eigenvalue weighted by Crippen LogP contribution is 2.30. The average molecular weight is 394 g/mol. The second kappa shape index (κ2) is 8.74. The smallest absolute Gasteiger partial charge is 0.261 e. The van der Waals surface area contributed by atoms with Crippen molar-refractivity contribution in [1.82, 2.24) is 10.2 Å². The number of amides is 3. The Hall–Kier alpha value is -2.73. The van der Waals surface area contributed by atoms with Crippen molar-refractivity contribution < 1.29 is 19.1 Å². The van der Waals surface area contributed by atoms with Gasteiger partial charge in [0.1, 0.15) is 0 Å². The van der Waals surface area contributed by atoms with Crippen molar-refractivity contribution in [3.63, 3.8) is 0 Å². The normalized spacial score (nSPS) is 15.8. The van der Waals surface area contributed by atoms with Crippen molar-refractivity contribution >= 4 is 28.5 Å². The number of nitrogens with one attached hydrogen (secondary N) is 1. The molecule has 0 radical (unpaired) electrons. The van der Waals surface area contributed by atoms with Gasteiger partial charge in [0.2, 0.25) is 5.91 Å². The Balaban J connectivity index is 1.24. The number of ether oxygens (including phenoxy) is 1. The second-order valence-corrected chi connectivity index (χ2v) is 7.80. The predicted octanol–water partition coefficient (Wildman–Crippen LogP) is 3.15. The minimum absolute atomic E-state index is 0.0633. The first kappa shape index (κ1) is 19.6. The van der Waals surface area contributed by atoms with Gasteiger partial charge in [0, 0.05) is 49.2 Å². The van der Waals surface area contributed by atoms with E-state index in [0.29, 0.717) is 30.7 Å². The molecule has 0 bridgehead atoms. The van der Waals surface area contributed by atoms with Crippen molar-refractivity contribution in [3.8, 4) is 0 Å². The van der Waals surface area contributed by atoms with Gasteiger partial charge in [-0.1, -0.05) is 24.3 Å². The molecule has 1 N–H and O–H groups in total. The highest BCUT2D eigenvalue weighted by atomic mass is 16.5. The Labute approximate surface area is 170 Å². The van der Waals surface area contributed by atoms with Crippen LogP contribution in [0.15, 0.2) is 36.4 Å². The molecule has 0 unspecified atom stereocenters. The zero-order valence-corrected chi connectivity index (χ0v) is 16.5. The maximum Gasteiger partial charge on any atom is 0.261 e. The van der Waals surface area contributed by atoms with Gasteiger partial charge < -0.3 is 10.1 Å². The van der Waals surface area contributed by atoms with Crippen molar-refractivity contribution in [3.05, 3.63) is 47.5 Å². The Morgan fingerprint density at radius 3 is 2.38 bits per heavy atom. The van der Waals surface area contributed by atoms with Crippen molar-refractivity contribution in [2.75, 3.05) is 26.3 Å². The summed E-state index contributed by atoms with van der Waals surface area (Å²) in [5.74, 6) is 0.121. The number of carbonyl (C=O) groups excluding carboxylic acids is 3. The number of benzene rings is 2. The molecule has 1 aliphatic carbocycles. The Bertz CT molecular complexity index is 885. The van der Waals surface area contributed by atoms with Crippen LogP contribution in [-0.4, -0.2) is 48.9 Å². The molecule has 1 aliphatic heterocycles. The number of carbonyl (C=O) groups is 3. The van der Waals surface area contributed by atoms with Crippen molar-refractivity contribution in [2.24, 2.45) is 5.92 Å². The van der Waals surface area contributed by atoms with Gasteiger partial charge in [0.15, 0.2) is 0 Å². The number of nitrogens with zero attached hydrogens (tertiary/aromatic N) is 1. The average Bonchev–Trinajstić information content (AvgIpc) is 3.55. The summed E-state index contributed by atoms with van der Waals surface area (Å²) < 4.78 is 5.54. The molecule has 29 heavy (non-hydrogen) atoms. The molecule has 0 atom stereocenters. The number of imide groups is 1. The molecule has 2 aromatic rings. The molecule has 1 heterocycles. The fraction of sp³-hybridized carbons (Fsp3) is 0.435. The van der Waals surface area contributed by atoms with Crippen LogP contribution in [0.4, 0.5) is 0 Å². The van der Waals surface area contributed by atoms with E-state index in [1.54, 1.807) is 12.1 Å². The van der Waals surface area contributed by atoms with E-state index in [9.17, 15) is 14.4 Å². The van der Waals surface area contributed by atoms with Gasteiger partial charge >= 0.3 is 0 Å². The third-order valence-corrected chi connectivity index (χ3v) is 5.48. The van der Waals surface area contributed by atoms with E-state index in [2.05, 4.69) is 5.32 Å². The number of hydrogen-bond acceptors (Lipinski definition) is 4. The van der Waals surface area contributed by atoms with E-state index >= 15 is 0 Å². The van der Waals surface area contributed by atoms with Crippen LogP contribution in [0, 0.1) is 5.92 Å². The van der Waals surface area contributed by atoms with Crippen LogP contribution in [0.3, 0.4) is 0 Å². The largest absolute Gasteiger partial charge is 0.381 e. The van der Waals surface area contributed by atoms with Crippen LogP contribution in [0.2, 0.25) is 0 Å². The first-order valence-corrected chi connectivity index (χ1v) is 10.4. The van der Waals surface area contributed by atoms with Gasteiger partial charge in [-0.2, -0.15) is 0 Å². The van der Waals surface area contributed by atoms with Crippen LogP contribution in [-0.2, 0) is 9.53 Å². The molecule has 0 aromatic heterocycles. The van der Waals surface area contributed by atoms with E-state index in [1.807, 2.05) is 24.3 Å². The second-order valence-electron chi connectivity index (χ2n) is 7.80. The third-order valence-electron chi connectivity index (χ3n) is 5.48. The number of hydrogen-bond donors (Lipinski definition) is 1. The van der Waals surface area contributed by atoms with Crippen LogP contribution in [0.1, 0.15) is 52.8 Å². The molecule has 0 saturated heterocycles. The van der Waals surface area contributed by atoms with Gasteiger partial charge in [0.25, 0.3) is 11.8 Å². The molecule has 1 fully saturated rings. The van der Waals surface area contributed by atoms with E-state index in [1.165, 1.54) is 17.7 Å². The highest BCUT2D eigenvalue weighted by Gasteiger charge is 2.32. The van der Waals surface area contributed by atoms with Crippen LogP contribution >= 0.6 is 0 Å². The molecule has 2 aromatic carbocycles. The van der Waals surface area contributed by atoms with E-state index < -0.39 is 0 Å². The van der Waals surface area contributed by atoms with Gasteiger partial charge in [-0.05, 0) is 49.1 Å². The van der Waals surface area contributed by atoms with Crippen molar-refractivity contribution in [2.45, 2.75) is 32.1 Å². The summed E-state index contributed by atoms with van der Waals surface area (Å²) in [5.41, 5.74) is 1.10. The highest BCUT2D eigenvalue weighted by molar-refractivity contribution is 6.25. The fourth-order valence-electron chi connectivity index (χ4n) is 3.71. The molecule has 2 aliphatic rings. The molecular weight excluding hydrogens is 368 g/mol. The molecule has 1 saturated carbocycles. The SMILES string of the molecule is O=C(CCCN1C(=O)c2cccc3cccc(c23)C1=O)NCCCOCC1CC1. The zero-order chi connectivity index (χ0) is 20.2. The molecule has 6 heteroatoms. The van der Waals surface area contributed by atoms with E-state index in [0.717, 1.165) is 29.7 Å². The maximum atomic E-state index is 12.8. The molecule has 152 valence electrons.